The molecule has 2 aromatic rings. The molecule has 0 unspecified atom stereocenters. The molecule has 0 atom stereocenters. The topological polar surface area (TPSA) is 69.4 Å². The zero-order chi connectivity index (χ0) is 15.6. The molecule has 0 aliphatic rings. The summed E-state index contributed by atoms with van der Waals surface area (Å²) < 4.78 is 29.1. The molecule has 8 heteroatoms. The molecule has 0 spiro atoms. The third-order valence-corrected chi connectivity index (χ3v) is 4.80. The van der Waals surface area contributed by atoms with Gasteiger partial charge in [0.1, 0.15) is 17.3 Å². The van der Waals surface area contributed by atoms with Gasteiger partial charge in [-0.15, -0.1) is 0 Å². The van der Waals surface area contributed by atoms with E-state index >= 15 is 0 Å². The molecule has 2 aromatic carbocycles. The Balaban J connectivity index is 2.21. The van der Waals surface area contributed by atoms with Crippen molar-refractivity contribution in [2.45, 2.75) is 11.5 Å². The maximum atomic E-state index is 11.3. The normalized spacial score (nSPS) is 11.4. The minimum absolute atomic E-state index is 0.0345. The quantitative estimate of drug-likeness (QED) is 0.828. The minimum Gasteiger partial charge on any atom is -0.487 e. The summed E-state index contributed by atoms with van der Waals surface area (Å²) in [4.78, 5) is -0.231. The van der Waals surface area contributed by atoms with Gasteiger partial charge in [-0.05, 0) is 23.8 Å². The molecule has 0 saturated heterocycles. The van der Waals surface area contributed by atoms with E-state index < -0.39 is 10.0 Å². The first kappa shape index (κ1) is 16.6. The van der Waals surface area contributed by atoms with Crippen LogP contribution in [0, 0.1) is 0 Å². The van der Waals surface area contributed by atoms with E-state index in [9.17, 15) is 8.42 Å². The van der Waals surface area contributed by atoms with Crippen molar-refractivity contribution in [1.82, 2.24) is 0 Å². The number of halogens is 3. The largest absolute Gasteiger partial charge is 0.487 e. The first-order valence-electron chi connectivity index (χ1n) is 5.66. The number of sulfonamides is 1. The fraction of sp³-hybridized carbons (Fsp3) is 0.0769. The van der Waals surface area contributed by atoms with Crippen LogP contribution in [-0.2, 0) is 16.6 Å². The summed E-state index contributed by atoms with van der Waals surface area (Å²) >= 11 is 15.2. The van der Waals surface area contributed by atoms with Gasteiger partial charge in [-0.25, -0.2) is 13.6 Å². The van der Waals surface area contributed by atoms with Crippen LogP contribution in [0.15, 0.2) is 45.8 Å². The van der Waals surface area contributed by atoms with Crippen molar-refractivity contribution < 1.29 is 13.2 Å². The summed E-state index contributed by atoms with van der Waals surface area (Å²) in [5.41, 5.74) is 0.931. The Morgan fingerprint density at radius 2 is 1.71 bits per heavy atom. The van der Waals surface area contributed by atoms with E-state index in [0.717, 1.165) is 10.0 Å². The van der Waals surface area contributed by atoms with Crippen LogP contribution < -0.4 is 9.88 Å². The number of ether oxygens (including phenoxy) is 1. The van der Waals surface area contributed by atoms with Crippen LogP contribution >= 0.6 is 39.1 Å². The third-order valence-electron chi connectivity index (χ3n) is 2.60. The maximum absolute atomic E-state index is 11.3. The predicted molar refractivity (Wildman–Crippen MR) is 86.3 cm³/mol. The zero-order valence-electron chi connectivity index (χ0n) is 10.5. The van der Waals surface area contributed by atoms with E-state index in [1.165, 1.54) is 12.1 Å². The molecule has 0 bridgehead atoms. The Labute approximate surface area is 141 Å². The molecule has 2 N–H and O–H groups in total. The van der Waals surface area contributed by atoms with Crippen molar-refractivity contribution in [2.75, 3.05) is 0 Å². The Morgan fingerprint density at radius 3 is 2.29 bits per heavy atom. The van der Waals surface area contributed by atoms with Crippen molar-refractivity contribution in [3.05, 3.63) is 56.5 Å². The van der Waals surface area contributed by atoms with Crippen LogP contribution in [0.5, 0.6) is 5.75 Å². The maximum Gasteiger partial charge on any atom is 0.239 e. The SMILES string of the molecule is NS(=O)(=O)c1cc(Cl)c(OCc2ccc(Br)cc2)cc1Cl. The highest BCUT2D eigenvalue weighted by molar-refractivity contribution is 9.10. The fourth-order valence-corrected chi connectivity index (χ4v) is 3.22. The number of nitrogens with two attached hydrogens (primary N) is 1. The molecule has 4 nitrogen and oxygen atoms in total. The Kier molecular flexibility index (Phi) is 5.16. The van der Waals surface area contributed by atoms with Gasteiger partial charge in [-0.1, -0.05) is 51.3 Å². The lowest BCUT2D eigenvalue weighted by Crippen LogP contribution is -2.13. The van der Waals surface area contributed by atoms with Crippen molar-refractivity contribution in [3.8, 4) is 5.75 Å². The van der Waals surface area contributed by atoms with Crippen LogP contribution in [-0.4, -0.2) is 8.42 Å². The summed E-state index contributed by atoms with van der Waals surface area (Å²) in [6, 6.07) is 10.1. The molecule has 0 radical (unpaired) electrons. The van der Waals surface area contributed by atoms with Gasteiger partial charge in [-0.3, -0.25) is 0 Å². The number of rotatable bonds is 4. The van der Waals surface area contributed by atoms with Crippen molar-refractivity contribution >= 4 is 49.2 Å². The van der Waals surface area contributed by atoms with Crippen molar-refractivity contribution in [2.24, 2.45) is 5.14 Å². The fourth-order valence-electron chi connectivity index (χ4n) is 1.58. The van der Waals surface area contributed by atoms with Crippen LogP contribution in [0.4, 0.5) is 0 Å². The van der Waals surface area contributed by atoms with E-state index in [0.29, 0.717) is 0 Å². The lowest BCUT2D eigenvalue weighted by Gasteiger charge is -2.10. The number of hydrogen-bond acceptors (Lipinski definition) is 3. The van der Waals surface area contributed by atoms with Gasteiger partial charge in [-0.2, -0.15) is 0 Å². The number of benzene rings is 2. The van der Waals surface area contributed by atoms with Gasteiger partial charge in [0, 0.05) is 10.5 Å². The Bertz CT molecular complexity index is 764. The number of hydrogen-bond donors (Lipinski definition) is 1. The highest BCUT2D eigenvalue weighted by Crippen LogP contribution is 2.33. The number of primary sulfonamides is 1. The van der Waals surface area contributed by atoms with E-state index in [2.05, 4.69) is 15.9 Å². The van der Waals surface area contributed by atoms with Gasteiger partial charge < -0.3 is 4.74 Å². The molecule has 0 aliphatic heterocycles. The third kappa shape index (κ3) is 4.34. The standard InChI is InChI=1S/C13H10BrCl2NO3S/c14-9-3-1-8(2-4-9)7-20-12-5-11(16)13(6-10(12)15)21(17,18)19/h1-6H,7H2,(H2,17,18,19). The first-order valence-corrected chi connectivity index (χ1v) is 8.76. The summed E-state index contributed by atoms with van der Waals surface area (Å²) in [6.45, 7) is 0.276. The summed E-state index contributed by atoms with van der Waals surface area (Å²) in [6.07, 6.45) is 0. The average Bonchev–Trinajstić information content (AvgIpc) is 2.40. The van der Waals surface area contributed by atoms with Crippen LogP contribution in [0.3, 0.4) is 0 Å². The van der Waals surface area contributed by atoms with Gasteiger partial charge in [0.15, 0.2) is 0 Å². The van der Waals surface area contributed by atoms with E-state index in [-0.39, 0.29) is 27.3 Å². The molecule has 2 rings (SSSR count). The molecule has 112 valence electrons. The summed E-state index contributed by atoms with van der Waals surface area (Å²) in [5.74, 6) is 0.289. The first-order chi connectivity index (χ1) is 9.77. The Hall–Kier alpha value is -0.790. The molecule has 0 heterocycles. The van der Waals surface area contributed by atoms with E-state index in [1.807, 2.05) is 24.3 Å². The average molecular weight is 411 g/mol. The highest BCUT2D eigenvalue weighted by Gasteiger charge is 2.16. The van der Waals surface area contributed by atoms with Gasteiger partial charge >= 0.3 is 0 Å². The molecule has 0 aliphatic carbocycles. The van der Waals surface area contributed by atoms with E-state index in [4.69, 9.17) is 33.1 Å². The van der Waals surface area contributed by atoms with Crippen LogP contribution in [0.2, 0.25) is 10.0 Å². The molecule has 0 amide bonds. The predicted octanol–water partition coefficient (Wildman–Crippen LogP) is 3.98. The van der Waals surface area contributed by atoms with Crippen LogP contribution in [0.1, 0.15) is 5.56 Å². The van der Waals surface area contributed by atoms with E-state index in [1.54, 1.807) is 0 Å². The molecule has 0 saturated carbocycles. The molecular formula is C13H10BrCl2NO3S. The second-order valence-corrected chi connectivity index (χ2v) is 7.43. The van der Waals surface area contributed by atoms with Crippen molar-refractivity contribution in [1.29, 1.82) is 0 Å². The Morgan fingerprint density at radius 1 is 1.10 bits per heavy atom. The minimum atomic E-state index is -3.92. The van der Waals surface area contributed by atoms with Crippen LogP contribution in [0.25, 0.3) is 0 Å². The second-order valence-electron chi connectivity index (χ2n) is 4.17. The molecule has 21 heavy (non-hydrogen) atoms. The van der Waals surface area contributed by atoms with Gasteiger partial charge in [0.2, 0.25) is 10.0 Å². The lowest BCUT2D eigenvalue weighted by molar-refractivity contribution is 0.306. The summed E-state index contributed by atoms with van der Waals surface area (Å²) in [7, 11) is -3.92. The second kappa shape index (κ2) is 6.54. The monoisotopic (exact) mass is 409 g/mol. The zero-order valence-corrected chi connectivity index (χ0v) is 14.4. The molecular weight excluding hydrogens is 401 g/mol. The molecule has 0 aromatic heterocycles. The van der Waals surface area contributed by atoms with Gasteiger partial charge in [0.25, 0.3) is 0 Å². The molecule has 0 fully saturated rings. The smallest absolute Gasteiger partial charge is 0.239 e. The lowest BCUT2D eigenvalue weighted by atomic mass is 10.2. The summed E-state index contributed by atoms with van der Waals surface area (Å²) in [5, 5.41) is 5.13. The van der Waals surface area contributed by atoms with Gasteiger partial charge in [0.05, 0.1) is 10.0 Å². The highest BCUT2D eigenvalue weighted by atomic mass is 79.9. The van der Waals surface area contributed by atoms with Crippen molar-refractivity contribution in [3.63, 3.8) is 0 Å².